The topological polar surface area (TPSA) is 99.8 Å². The summed E-state index contributed by atoms with van der Waals surface area (Å²) in [5.74, 6) is 1.28. The minimum absolute atomic E-state index is 0.208. The third kappa shape index (κ3) is 3.84. The van der Waals surface area contributed by atoms with Gasteiger partial charge in [0.25, 0.3) is 0 Å². The number of hydrogen-bond donors (Lipinski definition) is 3. The predicted octanol–water partition coefficient (Wildman–Crippen LogP) is 0.897. The van der Waals surface area contributed by atoms with Gasteiger partial charge in [0.2, 0.25) is 5.91 Å². The molecule has 1 heterocycles. The molecule has 20 heavy (non-hydrogen) atoms. The Balaban J connectivity index is 1.70. The van der Waals surface area contributed by atoms with Crippen LogP contribution in [0, 0.1) is 5.92 Å². The number of carbonyl (C=O) groups excluding carboxylic acids is 1. The Morgan fingerprint density at radius 3 is 2.80 bits per heavy atom. The molecule has 3 N–H and O–H groups in total. The van der Waals surface area contributed by atoms with Gasteiger partial charge in [0.05, 0.1) is 6.54 Å². The Hall–Kier alpha value is -1.82. The summed E-state index contributed by atoms with van der Waals surface area (Å²) in [6, 6.07) is 3.83. The van der Waals surface area contributed by atoms with E-state index in [4.69, 9.17) is 14.6 Å². The number of aryl methyl sites for hydroxylation is 1. The third-order valence-corrected chi connectivity index (χ3v) is 3.53. The summed E-state index contributed by atoms with van der Waals surface area (Å²) in [4.78, 5) is 21.9. The number of amides is 1. The molecule has 1 aliphatic carbocycles. The van der Waals surface area contributed by atoms with E-state index < -0.39 is 12.1 Å². The Morgan fingerprint density at radius 1 is 1.50 bits per heavy atom. The normalized spacial score (nSPS) is 22.3. The smallest absolute Gasteiger partial charge is 0.334 e. The van der Waals surface area contributed by atoms with Crippen molar-refractivity contribution in [2.75, 3.05) is 6.54 Å². The summed E-state index contributed by atoms with van der Waals surface area (Å²) in [5.41, 5.74) is 0. The molecule has 1 saturated carbocycles. The molecule has 1 aromatic rings. The first-order valence-corrected chi connectivity index (χ1v) is 6.73. The number of carboxylic acids is 1. The number of furan rings is 1. The number of nitrogens with one attached hydrogen (secondary N) is 1. The lowest BCUT2D eigenvalue weighted by Crippen LogP contribution is -2.36. The first-order valence-electron chi connectivity index (χ1n) is 6.73. The van der Waals surface area contributed by atoms with Crippen LogP contribution in [-0.4, -0.2) is 34.7 Å². The van der Waals surface area contributed by atoms with Crippen LogP contribution in [0.5, 0.6) is 0 Å². The monoisotopic (exact) mass is 281 g/mol. The highest BCUT2D eigenvalue weighted by molar-refractivity contribution is 5.78. The van der Waals surface area contributed by atoms with Gasteiger partial charge in [-0.05, 0) is 24.5 Å². The zero-order valence-electron chi connectivity index (χ0n) is 11.3. The van der Waals surface area contributed by atoms with E-state index >= 15 is 0 Å². The summed E-state index contributed by atoms with van der Waals surface area (Å²) < 4.78 is 5.67. The lowest BCUT2D eigenvalue weighted by molar-refractivity contribution is -0.146. The van der Waals surface area contributed by atoms with Crippen molar-refractivity contribution in [1.29, 1.82) is 0 Å². The molecule has 1 aliphatic rings. The van der Waals surface area contributed by atoms with Crippen molar-refractivity contribution in [3.8, 4) is 0 Å². The number of carboxylic acid groups (broad SMARTS) is 1. The zero-order chi connectivity index (χ0) is 14.7. The van der Waals surface area contributed by atoms with Gasteiger partial charge in [0.1, 0.15) is 11.5 Å². The molecule has 1 amide bonds. The van der Waals surface area contributed by atoms with E-state index in [-0.39, 0.29) is 18.9 Å². The average Bonchev–Trinajstić information content (AvgIpc) is 2.96. The highest BCUT2D eigenvalue weighted by Crippen LogP contribution is 2.47. The molecule has 1 fully saturated rings. The second-order valence-electron chi connectivity index (χ2n) is 5.28. The van der Waals surface area contributed by atoms with Crippen LogP contribution in [0.1, 0.15) is 37.2 Å². The van der Waals surface area contributed by atoms with Crippen molar-refractivity contribution in [3.63, 3.8) is 0 Å². The molecule has 6 heteroatoms. The molecular formula is C14H19NO5. The minimum Gasteiger partial charge on any atom is -0.479 e. The molecule has 0 aliphatic heterocycles. The molecule has 0 spiro atoms. The van der Waals surface area contributed by atoms with Gasteiger partial charge in [0, 0.05) is 18.8 Å². The highest BCUT2D eigenvalue weighted by Gasteiger charge is 2.36. The molecular weight excluding hydrogens is 262 g/mol. The number of rotatable bonds is 7. The van der Waals surface area contributed by atoms with Gasteiger partial charge in [-0.2, -0.15) is 0 Å². The van der Waals surface area contributed by atoms with Gasteiger partial charge in [0.15, 0.2) is 6.10 Å². The van der Waals surface area contributed by atoms with Crippen LogP contribution in [0.2, 0.25) is 0 Å². The average molecular weight is 281 g/mol. The van der Waals surface area contributed by atoms with Crippen LogP contribution in [0.15, 0.2) is 16.5 Å². The van der Waals surface area contributed by atoms with E-state index in [9.17, 15) is 9.59 Å². The van der Waals surface area contributed by atoms with Gasteiger partial charge in [-0.1, -0.05) is 6.92 Å². The van der Waals surface area contributed by atoms with Crippen molar-refractivity contribution < 1.29 is 24.2 Å². The fourth-order valence-corrected chi connectivity index (χ4v) is 2.07. The first kappa shape index (κ1) is 14.6. The van der Waals surface area contributed by atoms with Gasteiger partial charge in [-0.3, -0.25) is 4.79 Å². The van der Waals surface area contributed by atoms with Crippen LogP contribution in [0.3, 0.4) is 0 Å². The maximum Gasteiger partial charge on any atom is 0.334 e. The fourth-order valence-electron chi connectivity index (χ4n) is 2.07. The van der Waals surface area contributed by atoms with Crippen LogP contribution in [0.25, 0.3) is 0 Å². The van der Waals surface area contributed by atoms with Crippen molar-refractivity contribution in [2.45, 2.75) is 38.2 Å². The lowest BCUT2D eigenvalue weighted by atomic mass is 10.2. The van der Waals surface area contributed by atoms with Crippen LogP contribution in [0.4, 0.5) is 0 Å². The SMILES string of the molecule is CC1CC1c1ccc(CCC(=O)NC[C@H](O)C(=O)O)o1. The third-order valence-electron chi connectivity index (χ3n) is 3.53. The molecule has 0 bridgehead atoms. The number of aliphatic hydroxyl groups excluding tert-OH is 1. The van der Waals surface area contributed by atoms with E-state index in [1.54, 1.807) is 0 Å². The molecule has 0 saturated heterocycles. The Morgan fingerprint density at radius 2 is 2.20 bits per heavy atom. The summed E-state index contributed by atoms with van der Waals surface area (Å²) in [6.45, 7) is 1.89. The Kier molecular flexibility index (Phi) is 4.44. The molecule has 2 rings (SSSR count). The van der Waals surface area contributed by atoms with E-state index in [2.05, 4.69) is 12.2 Å². The highest BCUT2D eigenvalue weighted by atomic mass is 16.4. The Bertz CT molecular complexity index is 496. The molecule has 2 unspecified atom stereocenters. The van der Waals surface area contributed by atoms with Gasteiger partial charge in [-0.15, -0.1) is 0 Å². The van der Waals surface area contributed by atoms with Crippen molar-refractivity contribution in [2.24, 2.45) is 5.92 Å². The van der Waals surface area contributed by atoms with Crippen molar-refractivity contribution >= 4 is 11.9 Å². The fraction of sp³-hybridized carbons (Fsp3) is 0.571. The lowest BCUT2D eigenvalue weighted by Gasteiger charge is -2.07. The second kappa shape index (κ2) is 6.09. The van der Waals surface area contributed by atoms with Gasteiger partial charge < -0.3 is 19.9 Å². The van der Waals surface area contributed by atoms with E-state index in [1.165, 1.54) is 0 Å². The molecule has 6 nitrogen and oxygen atoms in total. The Labute approximate surface area is 116 Å². The van der Waals surface area contributed by atoms with E-state index in [1.807, 2.05) is 12.1 Å². The van der Waals surface area contributed by atoms with Crippen molar-refractivity contribution in [3.05, 3.63) is 23.7 Å². The summed E-state index contributed by atoms with van der Waals surface area (Å²) >= 11 is 0. The number of carbonyl (C=O) groups is 2. The standard InChI is InChI=1S/C14H19NO5/c1-8-6-10(8)12-4-2-9(20-12)3-5-13(17)15-7-11(16)14(18)19/h2,4,8,10-11,16H,3,5-7H2,1H3,(H,15,17)(H,18,19)/t8?,10?,11-/m0/s1. The summed E-state index contributed by atoms with van der Waals surface area (Å²) in [7, 11) is 0. The van der Waals surface area contributed by atoms with E-state index in [0.29, 0.717) is 18.3 Å². The maximum atomic E-state index is 11.5. The molecule has 110 valence electrons. The summed E-state index contributed by atoms with van der Waals surface area (Å²) in [5, 5.41) is 19.9. The number of aliphatic carboxylic acids is 1. The largest absolute Gasteiger partial charge is 0.479 e. The second-order valence-corrected chi connectivity index (χ2v) is 5.28. The number of hydrogen-bond acceptors (Lipinski definition) is 4. The van der Waals surface area contributed by atoms with Crippen LogP contribution >= 0.6 is 0 Å². The van der Waals surface area contributed by atoms with Gasteiger partial charge >= 0.3 is 5.97 Å². The van der Waals surface area contributed by atoms with Gasteiger partial charge in [-0.25, -0.2) is 4.79 Å². The van der Waals surface area contributed by atoms with Crippen LogP contribution in [-0.2, 0) is 16.0 Å². The molecule has 0 radical (unpaired) electrons. The molecule has 0 aromatic carbocycles. The zero-order valence-corrected chi connectivity index (χ0v) is 11.3. The van der Waals surface area contributed by atoms with Crippen LogP contribution < -0.4 is 5.32 Å². The molecule has 1 aromatic heterocycles. The maximum absolute atomic E-state index is 11.5. The molecule has 3 atom stereocenters. The van der Waals surface area contributed by atoms with E-state index in [0.717, 1.165) is 17.9 Å². The predicted molar refractivity (Wildman–Crippen MR) is 70.2 cm³/mol. The minimum atomic E-state index is -1.56. The van der Waals surface area contributed by atoms with Crippen molar-refractivity contribution in [1.82, 2.24) is 5.32 Å². The quantitative estimate of drug-likeness (QED) is 0.689. The number of aliphatic hydroxyl groups is 1. The first-order chi connectivity index (χ1) is 9.47. The summed E-state index contributed by atoms with van der Waals surface area (Å²) in [6.07, 6.45) is 0.265.